The van der Waals surface area contributed by atoms with Crippen molar-refractivity contribution >= 4 is 22.7 Å². The van der Waals surface area contributed by atoms with Gasteiger partial charge in [-0.3, -0.25) is 9.59 Å². The molecular formula is C32H24O2. The zero-order valence-corrected chi connectivity index (χ0v) is 18.8. The van der Waals surface area contributed by atoms with Gasteiger partial charge >= 0.3 is 0 Å². The normalized spacial score (nSPS) is 14.6. The highest BCUT2D eigenvalue weighted by Gasteiger charge is 2.27. The van der Waals surface area contributed by atoms with Crippen molar-refractivity contribution in [1.82, 2.24) is 0 Å². The van der Waals surface area contributed by atoms with E-state index < -0.39 is 0 Å². The van der Waals surface area contributed by atoms with Crippen LogP contribution in [0.15, 0.2) is 127 Å². The van der Waals surface area contributed by atoms with E-state index in [9.17, 15) is 9.59 Å². The standard InChI is InChI=1S/C32H24O2/c33-31(25-16-8-3-9-17-25)22-27(23-12-4-1-5-13-23)21-29(24-14-6-2-7-15-24)30-20-26-18-10-11-19-28(26)32(30)34/h1-19,21H,20,22H2/b27-21+,30-29+. The number of fused-ring (bicyclic) bond motifs is 1. The molecule has 0 amide bonds. The molecule has 4 aromatic carbocycles. The predicted octanol–water partition coefficient (Wildman–Crippen LogP) is 7.24. The molecule has 0 radical (unpaired) electrons. The van der Waals surface area contributed by atoms with Gasteiger partial charge in [0.2, 0.25) is 0 Å². The van der Waals surface area contributed by atoms with Crippen molar-refractivity contribution in [3.05, 3.63) is 155 Å². The molecule has 0 spiro atoms. The van der Waals surface area contributed by atoms with Crippen molar-refractivity contribution in [2.75, 3.05) is 0 Å². The summed E-state index contributed by atoms with van der Waals surface area (Å²) in [6, 6.07) is 37.1. The first-order valence-electron chi connectivity index (χ1n) is 11.5. The van der Waals surface area contributed by atoms with Gasteiger partial charge in [0.05, 0.1) is 0 Å². The molecule has 0 atom stereocenters. The highest BCUT2D eigenvalue weighted by Crippen LogP contribution is 2.35. The molecule has 4 aromatic rings. The van der Waals surface area contributed by atoms with Crippen molar-refractivity contribution in [2.45, 2.75) is 12.8 Å². The fourth-order valence-electron chi connectivity index (χ4n) is 4.47. The van der Waals surface area contributed by atoms with E-state index in [4.69, 9.17) is 0 Å². The third-order valence-electron chi connectivity index (χ3n) is 6.22. The van der Waals surface area contributed by atoms with E-state index in [1.165, 1.54) is 0 Å². The summed E-state index contributed by atoms with van der Waals surface area (Å²) in [5.41, 5.74) is 6.98. The number of rotatable bonds is 6. The smallest absolute Gasteiger partial charge is 0.190 e. The summed E-state index contributed by atoms with van der Waals surface area (Å²) in [4.78, 5) is 26.6. The van der Waals surface area contributed by atoms with Gasteiger partial charge in [0.25, 0.3) is 0 Å². The molecule has 0 unspecified atom stereocenters. The van der Waals surface area contributed by atoms with Gasteiger partial charge in [0.15, 0.2) is 11.6 Å². The van der Waals surface area contributed by atoms with Crippen LogP contribution >= 0.6 is 0 Å². The number of allylic oxidation sites excluding steroid dienone is 4. The van der Waals surface area contributed by atoms with E-state index in [-0.39, 0.29) is 18.0 Å². The maximum absolute atomic E-state index is 13.4. The number of Topliss-reactive ketones (excluding diaryl/α,β-unsaturated/α-hetero) is 2. The van der Waals surface area contributed by atoms with Gasteiger partial charge in [-0.05, 0) is 33.9 Å². The van der Waals surface area contributed by atoms with Crippen molar-refractivity contribution in [3.8, 4) is 0 Å². The summed E-state index contributed by atoms with van der Waals surface area (Å²) < 4.78 is 0. The quantitative estimate of drug-likeness (QED) is 0.234. The van der Waals surface area contributed by atoms with Gasteiger partial charge in [0, 0.05) is 29.5 Å². The molecule has 34 heavy (non-hydrogen) atoms. The van der Waals surface area contributed by atoms with E-state index in [0.717, 1.165) is 39.0 Å². The van der Waals surface area contributed by atoms with Crippen LogP contribution in [0.5, 0.6) is 0 Å². The second-order valence-corrected chi connectivity index (χ2v) is 8.42. The van der Waals surface area contributed by atoms with Crippen molar-refractivity contribution in [1.29, 1.82) is 0 Å². The first kappa shape index (κ1) is 21.5. The predicted molar refractivity (Wildman–Crippen MR) is 138 cm³/mol. The molecule has 0 fully saturated rings. The average molecular weight is 441 g/mol. The number of carbonyl (C=O) groups is 2. The van der Waals surface area contributed by atoms with Crippen LogP contribution in [0.3, 0.4) is 0 Å². The first-order chi connectivity index (χ1) is 16.7. The summed E-state index contributed by atoms with van der Waals surface area (Å²) in [6.07, 6.45) is 2.88. The molecular weight excluding hydrogens is 416 g/mol. The van der Waals surface area contributed by atoms with Crippen LogP contribution in [0.2, 0.25) is 0 Å². The molecule has 1 aliphatic carbocycles. The number of ketones is 2. The number of hydrogen-bond donors (Lipinski definition) is 0. The summed E-state index contributed by atoms with van der Waals surface area (Å²) in [5.74, 6) is 0.113. The summed E-state index contributed by atoms with van der Waals surface area (Å²) >= 11 is 0. The Hall–Kier alpha value is -4.30. The Balaban J connectivity index is 1.66. The lowest BCUT2D eigenvalue weighted by Gasteiger charge is -2.13. The second-order valence-electron chi connectivity index (χ2n) is 8.42. The Bertz CT molecular complexity index is 1400. The lowest BCUT2D eigenvalue weighted by atomic mass is 9.90. The zero-order chi connectivity index (χ0) is 23.3. The van der Waals surface area contributed by atoms with E-state index >= 15 is 0 Å². The van der Waals surface area contributed by atoms with Crippen LogP contribution in [0.25, 0.3) is 11.1 Å². The van der Waals surface area contributed by atoms with E-state index in [2.05, 4.69) is 0 Å². The molecule has 0 N–H and O–H groups in total. The van der Waals surface area contributed by atoms with Gasteiger partial charge in [0.1, 0.15) is 0 Å². The minimum Gasteiger partial charge on any atom is -0.294 e. The lowest BCUT2D eigenvalue weighted by molar-refractivity contribution is 0.0997. The topological polar surface area (TPSA) is 34.1 Å². The Labute approximate surface area is 199 Å². The molecule has 2 heteroatoms. The Morgan fingerprint density at radius 2 is 1.18 bits per heavy atom. The van der Waals surface area contributed by atoms with Crippen LogP contribution in [0.1, 0.15) is 43.8 Å². The van der Waals surface area contributed by atoms with Gasteiger partial charge in [-0.25, -0.2) is 0 Å². The summed E-state index contributed by atoms with van der Waals surface area (Å²) in [6.45, 7) is 0. The molecule has 164 valence electrons. The monoisotopic (exact) mass is 440 g/mol. The minimum atomic E-state index is 0.0501. The maximum Gasteiger partial charge on any atom is 0.190 e. The molecule has 0 bridgehead atoms. The Morgan fingerprint density at radius 1 is 0.647 bits per heavy atom. The molecule has 2 nitrogen and oxygen atoms in total. The van der Waals surface area contributed by atoms with E-state index in [1.807, 2.05) is 121 Å². The van der Waals surface area contributed by atoms with E-state index in [0.29, 0.717) is 12.0 Å². The van der Waals surface area contributed by atoms with Crippen molar-refractivity contribution in [2.24, 2.45) is 0 Å². The minimum absolute atomic E-state index is 0.0501. The fourth-order valence-corrected chi connectivity index (χ4v) is 4.47. The van der Waals surface area contributed by atoms with Crippen molar-refractivity contribution < 1.29 is 9.59 Å². The summed E-state index contributed by atoms with van der Waals surface area (Å²) in [5, 5.41) is 0. The van der Waals surface area contributed by atoms with Gasteiger partial charge in [-0.2, -0.15) is 0 Å². The fraction of sp³-hybridized carbons (Fsp3) is 0.0625. The van der Waals surface area contributed by atoms with Crippen LogP contribution in [-0.4, -0.2) is 11.6 Å². The molecule has 0 aliphatic heterocycles. The van der Waals surface area contributed by atoms with Crippen LogP contribution in [-0.2, 0) is 6.42 Å². The summed E-state index contributed by atoms with van der Waals surface area (Å²) in [7, 11) is 0. The highest BCUT2D eigenvalue weighted by molar-refractivity contribution is 6.18. The average Bonchev–Trinajstić information content (AvgIpc) is 3.24. The van der Waals surface area contributed by atoms with Gasteiger partial charge in [-0.1, -0.05) is 115 Å². The Morgan fingerprint density at radius 3 is 1.79 bits per heavy atom. The number of benzene rings is 4. The molecule has 0 saturated carbocycles. The van der Waals surface area contributed by atoms with Gasteiger partial charge < -0.3 is 0 Å². The number of carbonyl (C=O) groups excluding carboxylic acids is 2. The molecule has 0 aromatic heterocycles. The molecule has 1 aliphatic rings. The maximum atomic E-state index is 13.4. The Kier molecular flexibility index (Phi) is 6.13. The van der Waals surface area contributed by atoms with Crippen molar-refractivity contribution in [3.63, 3.8) is 0 Å². The van der Waals surface area contributed by atoms with Crippen LogP contribution in [0.4, 0.5) is 0 Å². The van der Waals surface area contributed by atoms with Gasteiger partial charge in [-0.15, -0.1) is 0 Å². The first-order valence-corrected chi connectivity index (χ1v) is 11.5. The highest BCUT2D eigenvalue weighted by atomic mass is 16.1. The molecule has 0 heterocycles. The second kappa shape index (κ2) is 9.68. The van der Waals surface area contributed by atoms with E-state index in [1.54, 1.807) is 0 Å². The van der Waals surface area contributed by atoms with Crippen LogP contribution < -0.4 is 0 Å². The zero-order valence-electron chi connectivity index (χ0n) is 18.8. The number of hydrogen-bond acceptors (Lipinski definition) is 2. The largest absolute Gasteiger partial charge is 0.294 e. The third-order valence-corrected chi connectivity index (χ3v) is 6.22. The lowest BCUT2D eigenvalue weighted by Crippen LogP contribution is -2.03. The SMILES string of the molecule is O=C(C/C(=C\C(=C1\Cc2ccccc2C1=O)c1ccccc1)c1ccccc1)c1ccccc1. The molecule has 5 rings (SSSR count). The molecule has 0 saturated heterocycles. The third kappa shape index (κ3) is 4.44. The van der Waals surface area contributed by atoms with Crippen LogP contribution in [0, 0.1) is 0 Å².